The van der Waals surface area contributed by atoms with E-state index in [1.54, 1.807) is 13.0 Å². The molecular weight excluding hydrogens is 159 g/mol. The summed E-state index contributed by atoms with van der Waals surface area (Å²) in [4.78, 5) is 11.1. The quantitative estimate of drug-likeness (QED) is 0.586. The highest BCUT2D eigenvalue weighted by molar-refractivity contribution is 6.03. The zero-order chi connectivity index (χ0) is 8.72. The summed E-state index contributed by atoms with van der Waals surface area (Å²) in [6.45, 7) is 1.74. The van der Waals surface area contributed by atoms with Crippen molar-refractivity contribution >= 4 is 5.78 Å². The Morgan fingerprint density at radius 2 is 2.25 bits per heavy atom. The van der Waals surface area contributed by atoms with Gasteiger partial charge in [-0.2, -0.15) is 0 Å². The first-order valence-electron chi connectivity index (χ1n) is 3.65. The van der Waals surface area contributed by atoms with Gasteiger partial charge in [0.05, 0.1) is 5.56 Å². The van der Waals surface area contributed by atoms with E-state index in [2.05, 4.69) is 0 Å². The molecule has 2 nitrogen and oxygen atoms in total. The Labute approximate surface area is 69.0 Å². The van der Waals surface area contributed by atoms with Gasteiger partial charge < -0.3 is 4.74 Å². The van der Waals surface area contributed by atoms with E-state index in [1.807, 2.05) is 0 Å². The van der Waals surface area contributed by atoms with Crippen LogP contribution < -0.4 is 4.74 Å². The molecule has 0 saturated carbocycles. The summed E-state index contributed by atoms with van der Waals surface area (Å²) >= 11 is 0. The van der Waals surface area contributed by atoms with Crippen molar-refractivity contribution in [2.24, 2.45) is 0 Å². The Morgan fingerprint density at radius 1 is 1.50 bits per heavy atom. The van der Waals surface area contributed by atoms with Crippen molar-refractivity contribution in [1.82, 2.24) is 0 Å². The molecule has 0 saturated heterocycles. The number of hydrogen-bond acceptors (Lipinski definition) is 2. The summed E-state index contributed by atoms with van der Waals surface area (Å²) in [5.74, 6) is -0.483. The summed E-state index contributed by atoms with van der Waals surface area (Å²) < 4.78 is 17.9. The van der Waals surface area contributed by atoms with E-state index >= 15 is 0 Å². The third-order valence-electron chi connectivity index (χ3n) is 1.94. The number of fused-ring (bicyclic) bond motifs is 1. The van der Waals surface area contributed by atoms with Gasteiger partial charge in [-0.15, -0.1) is 0 Å². The van der Waals surface area contributed by atoms with Crippen molar-refractivity contribution in [3.8, 4) is 5.75 Å². The number of ether oxygens (including phenoxy) is 1. The topological polar surface area (TPSA) is 26.3 Å². The standard InChI is InChI=1S/C9H7FO2/c1-5-2-3-6(10)9-8(5)7(11)4-12-9/h2-3H,4H2,1H3. The second-order valence-corrected chi connectivity index (χ2v) is 2.78. The summed E-state index contributed by atoms with van der Waals surface area (Å²) in [6.07, 6.45) is 0. The third-order valence-corrected chi connectivity index (χ3v) is 1.94. The molecule has 1 aliphatic heterocycles. The summed E-state index contributed by atoms with van der Waals surface area (Å²) in [5.41, 5.74) is 1.17. The van der Waals surface area contributed by atoms with E-state index in [9.17, 15) is 9.18 Å². The van der Waals surface area contributed by atoms with Crippen LogP contribution in [-0.2, 0) is 0 Å². The predicted octanol–water partition coefficient (Wildman–Crippen LogP) is 1.71. The molecule has 62 valence electrons. The van der Waals surface area contributed by atoms with E-state index < -0.39 is 5.82 Å². The van der Waals surface area contributed by atoms with Crippen LogP contribution in [0.25, 0.3) is 0 Å². The Bertz CT molecular complexity index is 358. The van der Waals surface area contributed by atoms with Crippen molar-refractivity contribution in [3.63, 3.8) is 0 Å². The van der Waals surface area contributed by atoms with Gasteiger partial charge in [-0.25, -0.2) is 4.39 Å². The molecule has 0 atom stereocenters. The van der Waals surface area contributed by atoms with Gasteiger partial charge in [0.2, 0.25) is 5.78 Å². The van der Waals surface area contributed by atoms with Crippen LogP contribution in [0.3, 0.4) is 0 Å². The van der Waals surface area contributed by atoms with Gasteiger partial charge in [0.15, 0.2) is 18.2 Å². The number of carbonyl (C=O) groups is 1. The van der Waals surface area contributed by atoms with Gasteiger partial charge in [0.25, 0.3) is 0 Å². The minimum Gasteiger partial charge on any atom is -0.482 e. The van der Waals surface area contributed by atoms with Crippen molar-refractivity contribution < 1.29 is 13.9 Å². The predicted molar refractivity (Wildman–Crippen MR) is 41.0 cm³/mol. The average molecular weight is 166 g/mol. The Morgan fingerprint density at radius 3 is 2.92 bits per heavy atom. The van der Waals surface area contributed by atoms with Crippen LogP contribution in [0.4, 0.5) is 4.39 Å². The molecule has 1 aromatic rings. The van der Waals surface area contributed by atoms with Crippen LogP contribution in [0.2, 0.25) is 0 Å². The highest BCUT2D eigenvalue weighted by Gasteiger charge is 2.25. The molecule has 0 spiro atoms. The van der Waals surface area contributed by atoms with Crippen LogP contribution in [-0.4, -0.2) is 12.4 Å². The second kappa shape index (κ2) is 2.30. The zero-order valence-corrected chi connectivity index (χ0v) is 6.56. The summed E-state index contributed by atoms with van der Waals surface area (Å²) in [6, 6.07) is 2.90. The fourth-order valence-electron chi connectivity index (χ4n) is 1.35. The molecule has 1 aromatic carbocycles. The second-order valence-electron chi connectivity index (χ2n) is 2.78. The number of ketones is 1. The van der Waals surface area contributed by atoms with E-state index in [0.717, 1.165) is 5.56 Å². The van der Waals surface area contributed by atoms with E-state index in [-0.39, 0.29) is 18.1 Å². The summed E-state index contributed by atoms with van der Waals surface area (Å²) in [5, 5.41) is 0. The average Bonchev–Trinajstić information content (AvgIpc) is 2.42. The Kier molecular flexibility index (Phi) is 1.40. The van der Waals surface area contributed by atoms with Crippen molar-refractivity contribution in [1.29, 1.82) is 0 Å². The first kappa shape index (κ1) is 7.28. The molecule has 2 rings (SSSR count). The highest BCUT2D eigenvalue weighted by atomic mass is 19.1. The lowest BCUT2D eigenvalue weighted by molar-refractivity contribution is 0.0960. The lowest BCUT2D eigenvalue weighted by atomic mass is 10.1. The minimum atomic E-state index is -0.457. The van der Waals surface area contributed by atoms with E-state index in [0.29, 0.717) is 5.56 Å². The van der Waals surface area contributed by atoms with Crippen LogP contribution in [0.5, 0.6) is 5.75 Å². The van der Waals surface area contributed by atoms with Gasteiger partial charge >= 0.3 is 0 Å². The fourth-order valence-corrected chi connectivity index (χ4v) is 1.35. The fraction of sp³-hybridized carbons (Fsp3) is 0.222. The largest absolute Gasteiger partial charge is 0.482 e. The monoisotopic (exact) mass is 166 g/mol. The molecule has 0 fully saturated rings. The molecular formula is C9H7FO2. The third kappa shape index (κ3) is 0.826. The lowest BCUT2D eigenvalue weighted by Crippen LogP contribution is -2.00. The zero-order valence-electron chi connectivity index (χ0n) is 6.56. The van der Waals surface area contributed by atoms with Crippen molar-refractivity contribution in [2.75, 3.05) is 6.61 Å². The normalized spacial score (nSPS) is 14.3. The number of benzene rings is 1. The SMILES string of the molecule is Cc1ccc(F)c2c1C(=O)CO2. The molecule has 0 aromatic heterocycles. The molecule has 1 aliphatic rings. The number of carbonyl (C=O) groups excluding carboxylic acids is 1. The smallest absolute Gasteiger partial charge is 0.204 e. The number of Topliss-reactive ketones (excluding diaryl/α,β-unsaturated/α-hetero) is 1. The first-order valence-corrected chi connectivity index (χ1v) is 3.65. The van der Waals surface area contributed by atoms with Crippen LogP contribution >= 0.6 is 0 Å². The van der Waals surface area contributed by atoms with Crippen LogP contribution in [0.15, 0.2) is 12.1 Å². The van der Waals surface area contributed by atoms with Gasteiger partial charge in [-0.3, -0.25) is 4.79 Å². The minimum absolute atomic E-state index is 0.0306. The lowest BCUT2D eigenvalue weighted by Gasteiger charge is -2.00. The number of halogens is 1. The van der Waals surface area contributed by atoms with Crippen LogP contribution in [0.1, 0.15) is 15.9 Å². The maximum atomic E-state index is 13.0. The van der Waals surface area contributed by atoms with E-state index in [1.165, 1.54) is 6.07 Å². The van der Waals surface area contributed by atoms with Crippen molar-refractivity contribution in [3.05, 3.63) is 29.1 Å². The number of rotatable bonds is 0. The number of hydrogen-bond donors (Lipinski definition) is 0. The first-order chi connectivity index (χ1) is 5.70. The molecule has 1 heterocycles. The summed E-state index contributed by atoms with van der Waals surface area (Å²) in [7, 11) is 0. The van der Waals surface area contributed by atoms with Gasteiger partial charge in [0, 0.05) is 0 Å². The molecule has 0 radical (unpaired) electrons. The Balaban J connectivity index is 2.72. The molecule has 0 unspecified atom stereocenters. The molecule has 0 N–H and O–H groups in total. The maximum absolute atomic E-state index is 13.0. The van der Waals surface area contributed by atoms with Gasteiger partial charge in [0.1, 0.15) is 0 Å². The molecule has 3 heteroatoms. The Hall–Kier alpha value is -1.38. The molecule has 0 bridgehead atoms. The molecule has 0 amide bonds. The van der Waals surface area contributed by atoms with Gasteiger partial charge in [-0.05, 0) is 18.6 Å². The number of aryl methyl sites for hydroxylation is 1. The van der Waals surface area contributed by atoms with Crippen LogP contribution in [0, 0.1) is 12.7 Å². The van der Waals surface area contributed by atoms with Gasteiger partial charge in [-0.1, -0.05) is 6.07 Å². The molecule has 0 aliphatic carbocycles. The molecule has 12 heavy (non-hydrogen) atoms. The highest BCUT2D eigenvalue weighted by Crippen LogP contribution is 2.30. The van der Waals surface area contributed by atoms with E-state index in [4.69, 9.17) is 4.74 Å². The van der Waals surface area contributed by atoms with Crippen molar-refractivity contribution in [2.45, 2.75) is 6.92 Å². The maximum Gasteiger partial charge on any atom is 0.204 e.